The largest absolute Gasteiger partial charge is 0.481 e. The highest BCUT2D eigenvalue weighted by atomic mass is 16.4. The van der Waals surface area contributed by atoms with E-state index >= 15 is 0 Å². The minimum atomic E-state index is -0.780. The summed E-state index contributed by atoms with van der Waals surface area (Å²) in [5, 5.41) is 12.6. The Labute approximate surface area is 157 Å². The van der Waals surface area contributed by atoms with Crippen LogP contribution in [0, 0.1) is 25.2 Å². The smallest absolute Gasteiger partial charge is 0.321 e. The molecule has 1 aliphatic heterocycles. The number of carbonyl (C=O) groups is 2. The number of amides is 2. The molecular formula is C20H23N3O4. The van der Waals surface area contributed by atoms with E-state index in [9.17, 15) is 14.7 Å². The van der Waals surface area contributed by atoms with Crippen molar-refractivity contribution in [1.29, 1.82) is 0 Å². The fourth-order valence-electron chi connectivity index (χ4n) is 4.40. The van der Waals surface area contributed by atoms with Crippen molar-refractivity contribution in [3.63, 3.8) is 0 Å². The molecule has 1 aromatic carbocycles. The zero-order valence-corrected chi connectivity index (χ0v) is 15.5. The topological polar surface area (TPSA) is 95.7 Å². The number of likely N-dealkylation sites (tertiary alicyclic amines) is 1. The summed E-state index contributed by atoms with van der Waals surface area (Å²) in [6.07, 6.45) is 4.03. The van der Waals surface area contributed by atoms with Gasteiger partial charge in [-0.05, 0) is 50.3 Å². The van der Waals surface area contributed by atoms with Gasteiger partial charge in [0.1, 0.15) is 6.26 Å². The molecule has 1 saturated heterocycles. The van der Waals surface area contributed by atoms with Crippen LogP contribution in [0.3, 0.4) is 0 Å². The molecule has 1 saturated carbocycles. The van der Waals surface area contributed by atoms with E-state index in [2.05, 4.69) is 10.3 Å². The third-order valence-corrected chi connectivity index (χ3v) is 5.92. The van der Waals surface area contributed by atoms with Crippen molar-refractivity contribution in [1.82, 2.24) is 9.88 Å². The number of anilines is 1. The fraction of sp³-hybridized carbons (Fsp3) is 0.450. The Morgan fingerprint density at radius 2 is 2.19 bits per heavy atom. The average molecular weight is 369 g/mol. The second-order valence-electron chi connectivity index (χ2n) is 7.68. The maximum atomic E-state index is 12.7. The van der Waals surface area contributed by atoms with E-state index < -0.39 is 11.4 Å². The molecule has 2 atom stereocenters. The lowest BCUT2D eigenvalue weighted by Crippen LogP contribution is -2.38. The first-order valence-corrected chi connectivity index (χ1v) is 9.21. The SMILES string of the molecule is Cc1coc(-c2cc(NC(=O)N3C[C@@H]4CCC[C@@]4(C(=O)O)C3)ccc2C)n1. The van der Waals surface area contributed by atoms with Crippen molar-refractivity contribution in [3.05, 3.63) is 35.7 Å². The van der Waals surface area contributed by atoms with Crippen molar-refractivity contribution < 1.29 is 19.1 Å². The van der Waals surface area contributed by atoms with Crippen LogP contribution in [0.15, 0.2) is 28.9 Å². The number of nitrogens with one attached hydrogen (secondary N) is 1. The average Bonchev–Trinajstić information content (AvgIpc) is 3.30. The molecule has 2 aliphatic rings. The van der Waals surface area contributed by atoms with Gasteiger partial charge in [0.15, 0.2) is 0 Å². The molecule has 7 heteroatoms. The molecule has 1 aromatic heterocycles. The molecule has 7 nitrogen and oxygen atoms in total. The van der Waals surface area contributed by atoms with Gasteiger partial charge in [0.05, 0.1) is 11.1 Å². The van der Waals surface area contributed by atoms with E-state index in [0.717, 1.165) is 29.7 Å². The highest BCUT2D eigenvalue weighted by Gasteiger charge is 2.55. The number of aromatic nitrogens is 1. The Hall–Kier alpha value is -2.83. The predicted molar refractivity (Wildman–Crippen MR) is 99.4 cm³/mol. The first kappa shape index (κ1) is 17.6. The van der Waals surface area contributed by atoms with Crippen molar-refractivity contribution in [2.24, 2.45) is 11.3 Å². The van der Waals surface area contributed by atoms with Crippen LogP contribution in [-0.4, -0.2) is 40.1 Å². The quantitative estimate of drug-likeness (QED) is 0.860. The number of benzene rings is 1. The zero-order valence-electron chi connectivity index (χ0n) is 15.5. The maximum absolute atomic E-state index is 12.7. The third-order valence-electron chi connectivity index (χ3n) is 5.92. The molecule has 27 heavy (non-hydrogen) atoms. The van der Waals surface area contributed by atoms with Gasteiger partial charge in [0.25, 0.3) is 0 Å². The monoisotopic (exact) mass is 369 g/mol. The highest BCUT2D eigenvalue weighted by molar-refractivity contribution is 5.91. The van der Waals surface area contributed by atoms with E-state index in [4.69, 9.17) is 4.42 Å². The molecule has 1 aliphatic carbocycles. The van der Waals surface area contributed by atoms with Crippen LogP contribution in [0.2, 0.25) is 0 Å². The number of aliphatic carboxylic acids is 1. The van der Waals surface area contributed by atoms with E-state index in [1.54, 1.807) is 11.2 Å². The molecular weight excluding hydrogens is 346 g/mol. The number of urea groups is 1. The summed E-state index contributed by atoms with van der Waals surface area (Å²) in [4.78, 5) is 30.5. The van der Waals surface area contributed by atoms with Gasteiger partial charge in [-0.25, -0.2) is 9.78 Å². The summed E-state index contributed by atoms with van der Waals surface area (Å²) in [6.45, 7) is 4.58. The van der Waals surface area contributed by atoms with Crippen LogP contribution < -0.4 is 5.32 Å². The number of rotatable bonds is 3. The molecule has 2 N–H and O–H groups in total. The number of carbonyl (C=O) groups excluding carboxylic acids is 1. The summed E-state index contributed by atoms with van der Waals surface area (Å²) < 4.78 is 5.48. The predicted octanol–water partition coefficient (Wildman–Crippen LogP) is 3.68. The van der Waals surface area contributed by atoms with E-state index in [1.165, 1.54) is 0 Å². The summed E-state index contributed by atoms with van der Waals surface area (Å²) in [7, 11) is 0. The molecule has 4 rings (SSSR count). The lowest BCUT2D eigenvalue weighted by molar-refractivity contribution is -0.149. The lowest BCUT2D eigenvalue weighted by Gasteiger charge is -2.23. The molecule has 0 bridgehead atoms. The first-order valence-electron chi connectivity index (χ1n) is 9.21. The number of carboxylic acids is 1. The zero-order chi connectivity index (χ0) is 19.2. The summed E-state index contributed by atoms with van der Waals surface area (Å²) in [5.74, 6) is -0.219. The Morgan fingerprint density at radius 3 is 2.85 bits per heavy atom. The Morgan fingerprint density at radius 1 is 1.37 bits per heavy atom. The minimum absolute atomic E-state index is 0.0459. The molecule has 2 aromatic rings. The van der Waals surface area contributed by atoms with Gasteiger partial charge in [-0.1, -0.05) is 12.5 Å². The summed E-state index contributed by atoms with van der Waals surface area (Å²) >= 11 is 0. The second kappa shape index (κ2) is 6.40. The Balaban J connectivity index is 1.52. The summed E-state index contributed by atoms with van der Waals surface area (Å²) in [6, 6.07) is 5.31. The van der Waals surface area contributed by atoms with Gasteiger partial charge in [0.2, 0.25) is 5.89 Å². The molecule has 142 valence electrons. The number of aryl methyl sites for hydroxylation is 2. The second-order valence-corrected chi connectivity index (χ2v) is 7.68. The lowest BCUT2D eigenvalue weighted by atomic mass is 9.81. The van der Waals surface area contributed by atoms with Crippen molar-refractivity contribution >= 4 is 17.7 Å². The number of carboxylic acid groups (broad SMARTS) is 1. The van der Waals surface area contributed by atoms with Gasteiger partial charge in [-0.2, -0.15) is 0 Å². The van der Waals surface area contributed by atoms with Gasteiger partial charge < -0.3 is 19.7 Å². The van der Waals surface area contributed by atoms with Crippen LogP contribution in [0.4, 0.5) is 10.5 Å². The molecule has 0 unspecified atom stereocenters. The standard InChI is InChI=1S/C20H23N3O4/c1-12-5-6-15(8-16(12)17-21-13(2)10-27-17)22-19(26)23-9-14-4-3-7-20(14,11-23)18(24)25/h5-6,8,10,14H,3-4,7,9,11H2,1-2H3,(H,22,26)(H,24,25)/t14-,20+/m0/s1. The number of nitrogens with zero attached hydrogens (tertiary/aromatic N) is 2. The Kier molecular flexibility index (Phi) is 4.17. The Bertz CT molecular complexity index is 906. The van der Waals surface area contributed by atoms with Crippen molar-refractivity contribution in [3.8, 4) is 11.5 Å². The molecule has 0 radical (unpaired) electrons. The van der Waals surface area contributed by atoms with E-state index in [1.807, 2.05) is 32.0 Å². The van der Waals surface area contributed by atoms with Gasteiger partial charge >= 0.3 is 12.0 Å². The van der Waals surface area contributed by atoms with Crippen LogP contribution >= 0.6 is 0 Å². The molecule has 2 fully saturated rings. The van der Waals surface area contributed by atoms with Crippen molar-refractivity contribution in [2.75, 3.05) is 18.4 Å². The fourth-order valence-corrected chi connectivity index (χ4v) is 4.40. The normalized spacial score (nSPS) is 24.1. The van der Waals surface area contributed by atoms with Crippen LogP contribution in [0.25, 0.3) is 11.5 Å². The summed E-state index contributed by atoms with van der Waals surface area (Å²) in [5.41, 5.74) is 2.47. The van der Waals surface area contributed by atoms with Crippen molar-refractivity contribution in [2.45, 2.75) is 33.1 Å². The third kappa shape index (κ3) is 2.97. The number of hydrogen-bond donors (Lipinski definition) is 2. The van der Waals surface area contributed by atoms with E-state index in [0.29, 0.717) is 24.5 Å². The van der Waals surface area contributed by atoms with E-state index in [-0.39, 0.29) is 18.5 Å². The molecule has 2 heterocycles. The van der Waals surface area contributed by atoms with Gasteiger partial charge in [-0.15, -0.1) is 0 Å². The number of fused-ring (bicyclic) bond motifs is 1. The minimum Gasteiger partial charge on any atom is -0.481 e. The molecule has 2 amide bonds. The van der Waals surface area contributed by atoms with Crippen LogP contribution in [-0.2, 0) is 4.79 Å². The first-order chi connectivity index (χ1) is 12.9. The van der Waals surface area contributed by atoms with Gasteiger partial charge in [0, 0.05) is 24.3 Å². The van der Waals surface area contributed by atoms with Gasteiger partial charge in [-0.3, -0.25) is 4.79 Å². The van der Waals surface area contributed by atoms with Crippen LogP contribution in [0.1, 0.15) is 30.5 Å². The number of oxazole rings is 1. The highest BCUT2D eigenvalue weighted by Crippen LogP contribution is 2.49. The maximum Gasteiger partial charge on any atom is 0.321 e. The molecule has 0 spiro atoms. The number of hydrogen-bond acceptors (Lipinski definition) is 4. The van der Waals surface area contributed by atoms with Crippen LogP contribution in [0.5, 0.6) is 0 Å².